The van der Waals surface area contributed by atoms with Crippen molar-refractivity contribution in [3.63, 3.8) is 0 Å². The molecule has 0 radical (unpaired) electrons. The molecule has 5 heteroatoms. The smallest absolute Gasteiger partial charge is 0.168 e. The fourth-order valence-electron chi connectivity index (χ4n) is 1.70. The van der Waals surface area contributed by atoms with Gasteiger partial charge in [-0.1, -0.05) is 23.9 Å². The molecule has 1 aromatic carbocycles. The van der Waals surface area contributed by atoms with Crippen molar-refractivity contribution in [2.45, 2.75) is 11.7 Å². The van der Waals surface area contributed by atoms with Crippen molar-refractivity contribution in [3.8, 4) is 5.75 Å². The van der Waals surface area contributed by atoms with Gasteiger partial charge in [-0.15, -0.1) is 0 Å². The Labute approximate surface area is 110 Å². The summed E-state index contributed by atoms with van der Waals surface area (Å²) in [7, 11) is 1.64. The molecule has 0 N–H and O–H groups in total. The van der Waals surface area contributed by atoms with Gasteiger partial charge in [0.15, 0.2) is 11.4 Å². The molecule has 0 saturated carbocycles. The zero-order valence-corrected chi connectivity index (χ0v) is 11.1. The van der Waals surface area contributed by atoms with E-state index in [-0.39, 0.29) is 0 Å². The number of hydrogen-bond donors (Lipinski definition) is 0. The SMILES string of the molecule is COc1ccc(Cn2c(C=O)cnc2SC)cc1. The van der Waals surface area contributed by atoms with Gasteiger partial charge in [0, 0.05) is 0 Å². The zero-order chi connectivity index (χ0) is 13.0. The number of aldehydes is 1. The van der Waals surface area contributed by atoms with E-state index in [0.29, 0.717) is 12.2 Å². The van der Waals surface area contributed by atoms with Crippen LogP contribution in [0.1, 0.15) is 16.1 Å². The van der Waals surface area contributed by atoms with Gasteiger partial charge in [0.05, 0.1) is 19.9 Å². The van der Waals surface area contributed by atoms with E-state index in [1.165, 1.54) is 11.8 Å². The standard InChI is InChI=1S/C13H14N2O2S/c1-17-12-5-3-10(4-6-12)8-15-11(9-16)7-14-13(15)18-2/h3-7,9H,8H2,1-2H3. The molecule has 2 aromatic rings. The number of nitrogens with zero attached hydrogens (tertiary/aromatic N) is 2. The highest BCUT2D eigenvalue weighted by atomic mass is 32.2. The number of hydrogen-bond acceptors (Lipinski definition) is 4. The number of methoxy groups -OCH3 is 1. The quantitative estimate of drug-likeness (QED) is 0.613. The second-order valence-electron chi connectivity index (χ2n) is 3.72. The van der Waals surface area contributed by atoms with Gasteiger partial charge in [-0.25, -0.2) is 4.98 Å². The first-order valence-corrected chi connectivity index (χ1v) is 6.68. The summed E-state index contributed by atoms with van der Waals surface area (Å²) >= 11 is 1.53. The molecule has 0 aliphatic carbocycles. The molecule has 0 aliphatic rings. The zero-order valence-electron chi connectivity index (χ0n) is 10.3. The maximum Gasteiger partial charge on any atom is 0.168 e. The summed E-state index contributed by atoms with van der Waals surface area (Å²) < 4.78 is 7.02. The van der Waals surface area contributed by atoms with Crippen molar-refractivity contribution in [2.75, 3.05) is 13.4 Å². The fraction of sp³-hybridized carbons (Fsp3) is 0.231. The maximum atomic E-state index is 11.0. The van der Waals surface area contributed by atoms with Crippen molar-refractivity contribution >= 4 is 18.0 Å². The van der Waals surface area contributed by atoms with Gasteiger partial charge in [0.25, 0.3) is 0 Å². The molecule has 0 unspecified atom stereocenters. The van der Waals surface area contributed by atoms with Crippen LogP contribution in [0.25, 0.3) is 0 Å². The molecule has 4 nitrogen and oxygen atoms in total. The summed E-state index contributed by atoms with van der Waals surface area (Å²) in [6.45, 7) is 0.633. The Kier molecular flexibility index (Phi) is 4.04. The summed E-state index contributed by atoms with van der Waals surface area (Å²) in [5, 5.41) is 0.841. The van der Waals surface area contributed by atoms with Crippen LogP contribution < -0.4 is 4.74 Å². The largest absolute Gasteiger partial charge is 0.497 e. The number of carbonyl (C=O) groups is 1. The van der Waals surface area contributed by atoms with E-state index < -0.39 is 0 Å². The van der Waals surface area contributed by atoms with Crippen LogP contribution in [-0.4, -0.2) is 29.2 Å². The summed E-state index contributed by atoms with van der Waals surface area (Å²) in [5.74, 6) is 0.824. The molecule has 18 heavy (non-hydrogen) atoms. The third kappa shape index (κ3) is 2.56. The highest BCUT2D eigenvalue weighted by molar-refractivity contribution is 7.98. The maximum absolute atomic E-state index is 11.0. The molecular formula is C13H14N2O2S. The first kappa shape index (κ1) is 12.7. The lowest BCUT2D eigenvalue weighted by atomic mass is 10.2. The molecule has 94 valence electrons. The molecule has 0 saturated heterocycles. The van der Waals surface area contributed by atoms with Gasteiger partial charge >= 0.3 is 0 Å². The normalized spacial score (nSPS) is 10.3. The lowest BCUT2D eigenvalue weighted by molar-refractivity contribution is 0.111. The number of rotatable bonds is 5. The first-order valence-electron chi connectivity index (χ1n) is 5.46. The average Bonchev–Trinajstić information content (AvgIpc) is 2.81. The van der Waals surface area contributed by atoms with Gasteiger partial charge in [-0.05, 0) is 24.0 Å². The van der Waals surface area contributed by atoms with Gasteiger partial charge in [-0.2, -0.15) is 0 Å². The minimum Gasteiger partial charge on any atom is -0.497 e. The number of ether oxygens (including phenoxy) is 1. The van der Waals surface area contributed by atoms with Crippen LogP contribution in [0, 0.1) is 0 Å². The summed E-state index contributed by atoms with van der Waals surface area (Å²) in [6.07, 6.45) is 4.38. The molecule has 0 aliphatic heterocycles. The number of imidazole rings is 1. The monoisotopic (exact) mass is 262 g/mol. The molecular weight excluding hydrogens is 248 g/mol. The molecule has 0 amide bonds. The summed E-state index contributed by atoms with van der Waals surface area (Å²) in [5.41, 5.74) is 1.70. The van der Waals surface area contributed by atoms with Crippen LogP contribution in [-0.2, 0) is 6.54 Å². The molecule has 0 spiro atoms. The lowest BCUT2D eigenvalue weighted by Gasteiger charge is -2.08. The van der Waals surface area contributed by atoms with Crippen molar-refractivity contribution in [1.29, 1.82) is 0 Å². The molecule has 0 fully saturated rings. The van der Waals surface area contributed by atoms with Crippen LogP contribution in [0.5, 0.6) is 5.75 Å². The Balaban J connectivity index is 2.26. The molecule has 1 heterocycles. The van der Waals surface area contributed by atoms with E-state index in [0.717, 1.165) is 22.8 Å². The van der Waals surface area contributed by atoms with Crippen LogP contribution in [0.4, 0.5) is 0 Å². The number of benzene rings is 1. The second kappa shape index (κ2) is 5.73. The number of aromatic nitrogens is 2. The topological polar surface area (TPSA) is 44.1 Å². The van der Waals surface area contributed by atoms with E-state index in [4.69, 9.17) is 4.74 Å². The Bertz CT molecular complexity index is 534. The third-order valence-electron chi connectivity index (χ3n) is 2.65. The minimum atomic E-state index is 0.593. The Morgan fingerprint density at radius 1 is 1.39 bits per heavy atom. The van der Waals surface area contributed by atoms with E-state index in [1.807, 2.05) is 35.1 Å². The van der Waals surface area contributed by atoms with E-state index >= 15 is 0 Å². The van der Waals surface area contributed by atoms with Crippen LogP contribution in [0.2, 0.25) is 0 Å². The first-order chi connectivity index (χ1) is 8.78. The van der Waals surface area contributed by atoms with Crippen LogP contribution in [0.3, 0.4) is 0 Å². The molecule has 0 atom stereocenters. The second-order valence-corrected chi connectivity index (χ2v) is 4.50. The Hall–Kier alpha value is -1.75. The van der Waals surface area contributed by atoms with Crippen molar-refractivity contribution in [1.82, 2.24) is 9.55 Å². The molecule has 2 rings (SSSR count). The fourth-order valence-corrected chi connectivity index (χ4v) is 2.25. The van der Waals surface area contributed by atoms with Gasteiger partial charge < -0.3 is 9.30 Å². The van der Waals surface area contributed by atoms with Crippen molar-refractivity contribution < 1.29 is 9.53 Å². The van der Waals surface area contributed by atoms with Crippen molar-refractivity contribution in [3.05, 3.63) is 41.7 Å². The number of carbonyl (C=O) groups excluding carboxylic acids is 1. The average molecular weight is 262 g/mol. The van der Waals surface area contributed by atoms with Gasteiger partial charge in [-0.3, -0.25) is 4.79 Å². The summed E-state index contributed by atoms with van der Waals surface area (Å²) in [4.78, 5) is 15.2. The predicted octanol–water partition coefficient (Wildman–Crippen LogP) is 2.47. The minimum absolute atomic E-state index is 0.593. The Morgan fingerprint density at radius 2 is 2.11 bits per heavy atom. The lowest BCUT2D eigenvalue weighted by Crippen LogP contribution is -2.05. The third-order valence-corrected chi connectivity index (χ3v) is 3.34. The Morgan fingerprint density at radius 3 is 2.67 bits per heavy atom. The van der Waals surface area contributed by atoms with Crippen LogP contribution in [0.15, 0.2) is 35.6 Å². The molecule has 0 bridgehead atoms. The van der Waals surface area contributed by atoms with E-state index in [1.54, 1.807) is 13.3 Å². The van der Waals surface area contributed by atoms with Gasteiger partial charge in [0.2, 0.25) is 0 Å². The van der Waals surface area contributed by atoms with Crippen molar-refractivity contribution in [2.24, 2.45) is 0 Å². The molecule has 1 aromatic heterocycles. The summed E-state index contributed by atoms with van der Waals surface area (Å²) in [6, 6.07) is 7.78. The highest BCUT2D eigenvalue weighted by Crippen LogP contribution is 2.18. The van der Waals surface area contributed by atoms with Gasteiger partial charge in [0.1, 0.15) is 11.4 Å². The predicted molar refractivity (Wildman–Crippen MR) is 71.5 cm³/mol. The highest BCUT2D eigenvalue weighted by Gasteiger charge is 2.08. The van der Waals surface area contributed by atoms with E-state index in [2.05, 4.69) is 4.98 Å². The number of thioether (sulfide) groups is 1. The van der Waals surface area contributed by atoms with E-state index in [9.17, 15) is 4.79 Å². The van der Waals surface area contributed by atoms with Crippen LogP contribution >= 0.6 is 11.8 Å².